The highest BCUT2D eigenvalue weighted by molar-refractivity contribution is 5.91. The minimum Gasteiger partial charge on any atom is -0.459 e. The van der Waals surface area contributed by atoms with Crippen LogP contribution in [0.3, 0.4) is 0 Å². The summed E-state index contributed by atoms with van der Waals surface area (Å²) in [5.74, 6) is 2.00. The number of nitrogens with one attached hydrogen (secondary N) is 1. The Kier molecular flexibility index (Phi) is 6.60. The van der Waals surface area contributed by atoms with Crippen LogP contribution >= 0.6 is 0 Å². The number of hydrogen-bond acceptors (Lipinski definition) is 5. The zero-order valence-corrected chi connectivity index (χ0v) is 16.6. The van der Waals surface area contributed by atoms with Crippen molar-refractivity contribution in [1.29, 1.82) is 0 Å². The SMILES string of the molecule is CCC[C@H](c1nnnn1CCC(C)C)[NH+]1CCN(C(=O)c2ccco2)CC1. The lowest BCUT2D eigenvalue weighted by Gasteiger charge is -2.35. The fourth-order valence-electron chi connectivity index (χ4n) is 3.71. The highest BCUT2D eigenvalue weighted by atomic mass is 16.3. The van der Waals surface area contributed by atoms with E-state index in [1.54, 1.807) is 18.4 Å². The number of amides is 1. The zero-order chi connectivity index (χ0) is 19.2. The van der Waals surface area contributed by atoms with E-state index >= 15 is 0 Å². The highest BCUT2D eigenvalue weighted by Crippen LogP contribution is 2.15. The van der Waals surface area contributed by atoms with E-state index in [2.05, 4.69) is 36.3 Å². The van der Waals surface area contributed by atoms with Gasteiger partial charge in [0, 0.05) is 13.0 Å². The van der Waals surface area contributed by atoms with Crippen LogP contribution in [0.25, 0.3) is 0 Å². The molecule has 0 spiro atoms. The average Bonchev–Trinajstić information content (AvgIpc) is 3.36. The number of rotatable bonds is 8. The van der Waals surface area contributed by atoms with Gasteiger partial charge in [-0.3, -0.25) is 4.79 Å². The van der Waals surface area contributed by atoms with Crippen molar-refractivity contribution in [3.63, 3.8) is 0 Å². The maximum Gasteiger partial charge on any atom is 0.289 e. The van der Waals surface area contributed by atoms with Crippen LogP contribution in [0, 0.1) is 5.92 Å². The number of carbonyl (C=O) groups is 1. The standard InChI is InChI=1S/C19H30N6O2/c1-4-6-16(18-20-21-22-25(18)9-8-15(2)3)23-10-12-24(13-11-23)19(26)17-7-5-14-27-17/h5,7,14-16H,4,6,8-13H2,1-3H3/p+1/t16-/m1/s1. The molecule has 1 aliphatic rings. The van der Waals surface area contributed by atoms with Crippen molar-refractivity contribution in [2.24, 2.45) is 5.92 Å². The lowest BCUT2D eigenvalue weighted by molar-refractivity contribution is -0.936. The molecule has 1 amide bonds. The molecule has 1 atom stereocenters. The van der Waals surface area contributed by atoms with Gasteiger partial charge in [-0.05, 0) is 34.9 Å². The summed E-state index contributed by atoms with van der Waals surface area (Å²) >= 11 is 0. The Morgan fingerprint density at radius 3 is 2.70 bits per heavy atom. The summed E-state index contributed by atoms with van der Waals surface area (Å²) in [6.07, 6.45) is 4.74. The Hall–Kier alpha value is -2.22. The second-order valence-electron chi connectivity index (χ2n) is 7.71. The van der Waals surface area contributed by atoms with Crippen molar-refractivity contribution in [2.75, 3.05) is 26.2 Å². The molecule has 2 aromatic rings. The van der Waals surface area contributed by atoms with Gasteiger partial charge >= 0.3 is 0 Å². The predicted octanol–water partition coefficient (Wildman–Crippen LogP) is 1.19. The lowest BCUT2D eigenvalue weighted by atomic mass is 10.1. The first-order chi connectivity index (χ1) is 13.1. The molecule has 8 nitrogen and oxygen atoms in total. The van der Waals surface area contributed by atoms with Gasteiger partial charge in [-0.2, -0.15) is 0 Å². The first-order valence-corrected chi connectivity index (χ1v) is 10.0. The summed E-state index contributed by atoms with van der Waals surface area (Å²) < 4.78 is 7.23. The van der Waals surface area contributed by atoms with Gasteiger partial charge in [0.1, 0.15) is 6.04 Å². The van der Waals surface area contributed by atoms with Crippen LogP contribution in [0.2, 0.25) is 0 Å². The van der Waals surface area contributed by atoms with Gasteiger partial charge in [0.05, 0.1) is 32.4 Å². The number of aryl methyl sites for hydroxylation is 1. The number of piperazine rings is 1. The van der Waals surface area contributed by atoms with E-state index in [9.17, 15) is 4.79 Å². The van der Waals surface area contributed by atoms with Gasteiger partial charge < -0.3 is 14.2 Å². The molecule has 1 saturated heterocycles. The van der Waals surface area contributed by atoms with Crippen molar-refractivity contribution >= 4 is 5.91 Å². The summed E-state index contributed by atoms with van der Waals surface area (Å²) in [7, 11) is 0. The Labute approximate surface area is 160 Å². The van der Waals surface area contributed by atoms with Crippen molar-refractivity contribution < 1.29 is 14.1 Å². The normalized spacial score (nSPS) is 16.8. The minimum absolute atomic E-state index is 0.0205. The molecule has 0 aromatic carbocycles. The lowest BCUT2D eigenvalue weighted by Crippen LogP contribution is -3.15. The van der Waals surface area contributed by atoms with E-state index in [1.165, 1.54) is 4.90 Å². The van der Waals surface area contributed by atoms with E-state index < -0.39 is 0 Å². The molecule has 2 aromatic heterocycles. The molecular formula is C19H31N6O2+. The average molecular weight is 375 g/mol. The molecule has 0 saturated carbocycles. The molecule has 0 aliphatic carbocycles. The second-order valence-corrected chi connectivity index (χ2v) is 7.71. The van der Waals surface area contributed by atoms with E-state index in [0.29, 0.717) is 11.7 Å². The molecule has 0 bridgehead atoms. The minimum atomic E-state index is -0.0205. The predicted molar refractivity (Wildman–Crippen MR) is 100 cm³/mol. The Bertz CT molecular complexity index is 704. The third-order valence-corrected chi connectivity index (χ3v) is 5.28. The molecule has 8 heteroatoms. The van der Waals surface area contributed by atoms with Gasteiger partial charge in [-0.1, -0.05) is 27.2 Å². The quantitative estimate of drug-likeness (QED) is 0.750. The topological polar surface area (TPSA) is 81.5 Å². The van der Waals surface area contributed by atoms with Gasteiger partial charge in [0.15, 0.2) is 5.76 Å². The Balaban J connectivity index is 1.65. The van der Waals surface area contributed by atoms with Crippen LogP contribution in [-0.2, 0) is 6.54 Å². The first-order valence-electron chi connectivity index (χ1n) is 10.0. The number of furan rings is 1. The molecular weight excluding hydrogens is 344 g/mol. The molecule has 1 fully saturated rings. The zero-order valence-electron chi connectivity index (χ0n) is 16.6. The maximum atomic E-state index is 12.5. The fourth-order valence-corrected chi connectivity index (χ4v) is 3.71. The fraction of sp³-hybridized carbons (Fsp3) is 0.684. The second kappa shape index (κ2) is 9.12. The molecule has 148 valence electrons. The van der Waals surface area contributed by atoms with Crippen molar-refractivity contribution in [3.05, 3.63) is 30.0 Å². The highest BCUT2D eigenvalue weighted by Gasteiger charge is 2.33. The van der Waals surface area contributed by atoms with Gasteiger partial charge in [-0.15, -0.1) is 5.10 Å². The van der Waals surface area contributed by atoms with Crippen LogP contribution in [0.4, 0.5) is 0 Å². The van der Waals surface area contributed by atoms with Crippen molar-refractivity contribution in [1.82, 2.24) is 25.1 Å². The molecule has 0 unspecified atom stereocenters. The maximum absolute atomic E-state index is 12.5. The van der Waals surface area contributed by atoms with E-state index in [1.807, 2.05) is 9.58 Å². The van der Waals surface area contributed by atoms with Gasteiger partial charge in [-0.25, -0.2) is 4.68 Å². The molecule has 3 heterocycles. The number of tetrazole rings is 1. The Morgan fingerprint density at radius 1 is 1.30 bits per heavy atom. The number of hydrogen-bond donors (Lipinski definition) is 1. The third kappa shape index (κ3) is 4.74. The van der Waals surface area contributed by atoms with Crippen LogP contribution in [0.15, 0.2) is 22.8 Å². The number of nitrogens with zero attached hydrogens (tertiary/aromatic N) is 5. The monoisotopic (exact) mass is 375 g/mol. The summed E-state index contributed by atoms with van der Waals surface area (Å²) in [4.78, 5) is 15.8. The molecule has 3 rings (SSSR count). The van der Waals surface area contributed by atoms with E-state index in [-0.39, 0.29) is 11.9 Å². The summed E-state index contributed by atoms with van der Waals surface area (Å²) in [5.41, 5.74) is 0. The van der Waals surface area contributed by atoms with E-state index in [4.69, 9.17) is 4.42 Å². The molecule has 0 radical (unpaired) electrons. The smallest absolute Gasteiger partial charge is 0.289 e. The van der Waals surface area contributed by atoms with Crippen LogP contribution in [-0.4, -0.2) is 57.2 Å². The third-order valence-electron chi connectivity index (χ3n) is 5.28. The number of aromatic nitrogens is 4. The number of carbonyl (C=O) groups excluding carboxylic acids is 1. The van der Waals surface area contributed by atoms with Crippen LogP contribution < -0.4 is 4.90 Å². The van der Waals surface area contributed by atoms with Crippen LogP contribution in [0.5, 0.6) is 0 Å². The molecule has 1 N–H and O–H groups in total. The van der Waals surface area contributed by atoms with Gasteiger partial charge in [0.2, 0.25) is 5.82 Å². The van der Waals surface area contributed by atoms with E-state index in [0.717, 1.165) is 57.8 Å². The van der Waals surface area contributed by atoms with Gasteiger partial charge in [0.25, 0.3) is 5.91 Å². The summed E-state index contributed by atoms with van der Waals surface area (Å²) in [6.45, 7) is 10.7. The summed E-state index contributed by atoms with van der Waals surface area (Å²) in [5, 5.41) is 12.5. The van der Waals surface area contributed by atoms with Crippen molar-refractivity contribution in [2.45, 2.75) is 52.6 Å². The number of quaternary nitrogens is 1. The first kappa shape index (κ1) is 19.5. The summed E-state index contributed by atoms with van der Waals surface area (Å²) in [6, 6.07) is 3.76. The Morgan fingerprint density at radius 2 is 2.07 bits per heavy atom. The largest absolute Gasteiger partial charge is 0.459 e. The molecule has 27 heavy (non-hydrogen) atoms. The molecule has 1 aliphatic heterocycles. The van der Waals surface area contributed by atoms with Crippen LogP contribution in [0.1, 0.15) is 62.5 Å². The van der Waals surface area contributed by atoms with Crippen molar-refractivity contribution in [3.8, 4) is 0 Å².